The van der Waals surface area contributed by atoms with Crippen molar-refractivity contribution in [3.63, 3.8) is 0 Å². The molecule has 3 heterocycles. The SMILES string of the molecule is [2H]C([2H])([2H])c1c[c-]c(-c2ccc(C([2H])([2H])[2H])cn2)cc1.[2H]C([2H])([2H])c1ccnc(-c2[c-]ccc3c2oc2ccc4ccccc4c23)c1.[Ir]. The fourth-order valence-electron chi connectivity index (χ4n) is 4.41. The van der Waals surface area contributed by atoms with E-state index < -0.39 is 20.6 Å². The van der Waals surface area contributed by atoms with E-state index in [9.17, 15) is 0 Å². The Balaban J connectivity index is 0.000000193. The number of hydrogen-bond acceptors (Lipinski definition) is 3. The van der Waals surface area contributed by atoms with E-state index in [0.29, 0.717) is 28.1 Å². The van der Waals surface area contributed by atoms with Crippen molar-refractivity contribution in [1.29, 1.82) is 0 Å². The molecule has 3 nitrogen and oxygen atoms in total. The maximum atomic E-state index is 7.65. The zero-order valence-electron chi connectivity index (χ0n) is 29.5. The molecule has 0 aliphatic rings. The first-order chi connectivity index (χ1) is 22.2. The molecule has 7 aromatic rings. The maximum Gasteiger partial charge on any atom is 0.121 e. The summed E-state index contributed by atoms with van der Waals surface area (Å²) in [5, 5.41) is 4.28. The largest absolute Gasteiger partial charge is 0.501 e. The summed E-state index contributed by atoms with van der Waals surface area (Å²) in [6, 6.07) is 32.7. The second kappa shape index (κ2) is 11.3. The van der Waals surface area contributed by atoms with E-state index in [1.165, 1.54) is 36.7 Å². The average molecular weight is 692 g/mol. The molecule has 0 unspecified atom stereocenters. The zero-order valence-corrected chi connectivity index (χ0v) is 22.8. The smallest absolute Gasteiger partial charge is 0.121 e. The van der Waals surface area contributed by atoms with Crippen LogP contribution in [0.5, 0.6) is 0 Å². The third-order valence-corrected chi connectivity index (χ3v) is 6.19. The molecule has 0 aliphatic heterocycles. The third-order valence-electron chi connectivity index (χ3n) is 6.19. The Morgan fingerprint density at radius 1 is 0.744 bits per heavy atom. The van der Waals surface area contributed by atoms with E-state index >= 15 is 0 Å². The molecule has 0 spiro atoms. The van der Waals surface area contributed by atoms with Crippen LogP contribution >= 0.6 is 0 Å². The first kappa shape index (κ1) is 17.5. The number of aryl methyl sites for hydroxylation is 3. The van der Waals surface area contributed by atoms with Gasteiger partial charge in [0.05, 0.1) is 5.58 Å². The molecule has 39 heavy (non-hydrogen) atoms. The van der Waals surface area contributed by atoms with Crippen molar-refractivity contribution < 1.29 is 36.9 Å². The van der Waals surface area contributed by atoms with E-state index in [1.54, 1.807) is 18.2 Å². The van der Waals surface area contributed by atoms with Crippen molar-refractivity contribution in [2.24, 2.45) is 0 Å². The average Bonchev–Trinajstić information content (AvgIpc) is 3.44. The summed E-state index contributed by atoms with van der Waals surface area (Å²) in [6.07, 6.45) is 2.82. The van der Waals surface area contributed by atoms with Crippen molar-refractivity contribution in [2.75, 3.05) is 0 Å². The van der Waals surface area contributed by atoms with Gasteiger partial charge in [-0.3, -0.25) is 0 Å². The van der Waals surface area contributed by atoms with Gasteiger partial charge in [0.1, 0.15) is 5.58 Å². The molecule has 1 radical (unpaired) electrons. The predicted molar refractivity (Wildman–Crippen MR) is 156 cm³/mol. The molecule has 7 rings (SSSR count). The van der Waals surface area contributed by atoms with Crippen molar-refractivity contribution in [2.45, 2.75) is 20.6 Å². The van der Waals surface area contributed by atoms with Crippen LogP contribution in [0.4, 0.5) is 0 Å². The molecular weight excluding hydrogens is 657 g/mol. The van der Waals surface area contributed by atoms with Gasteiger partial charge in [0, 0.05) is 50.2 Å². The number of furan rings is 1. The van der Waals surface area contributed by atoms with Gasteiger partial charge < -0.3 is 14.4 Å². The van der Waals surface area contributed by atoms with Gasteiger partial charge in [0.15, 0.2) is 0 Å². The van der Waals surface area contributed by atoms with Gasteiger partial charge in [-0.05, 0) is 53.6 Å². The van der Waals surface area contributed by atoms with E-state index in [1.807, 2.05) is 36.4 Å². The summed E-state index contributed by atoms with van der Waals surface area (Å²) in [7, 11) is 0. The number of hydrogen-bond donors (Lipinski definition) is 0. The molecule has 193 valence electrons. The Hall–Kier alpha value is -4.11. The van der Waals surface area contributed by atoms with E-state index in [4.69, 9.17) is 16.8 Å². The van der Waals surface area contributed by atoms with E-state index in [-0.39, 0.29) is 36.8 Å². The van der Waals surface area contributed by atoms with Crippen LogP contribution in [0.2, 0.25) is 0 Å². The normalized spacial score (nSPS) is 15.1. The van der Waals surface area contributed by atoms with E-state index in [0.717, 1.165) is 27.1 Å². The number of aromatic nitrogens is 2. The molecular formula is C35H26IrN2O-2. The van der Waals surface area contributed by atoms with Crippen molar-refractivity contribution in [3.05, 3.63) is 132 Å². The molecule has 0 fully saturated rings. The minimum absolute atomic E-state index is 0. The topological polar surface area (TPSA) is 38.9 Å². The fraction of sp³-hybridized carbons (Fsp3) is 0.0857. The summed E-state index contributed by atoms with van der Waals surface area (Å²) in [6.45, 7) is -6.52. The van der Waals surface area contributed by atoms with Gasteiger partial charge in [0.2, 0.25) is 0 Å². The van der Waals surface area contributed by atoms with Gasteiger partial charge >= 0.3 is 0 Å². The predicted octanol–water partition coefficient (Wildman–Crippen LogP) is 9.07. The number of pyridine rings is 2. The van der Waals surface area contributed by atoms with Crippen LogP contribution in [0, 0.1) is 32.7 Å². The van der Waals surface area contributed by atoms with Crippen LogP contribution in [0.1, 0.15) is 29.0 Å². The molecule has 0 saturated heterocycles. The quantitative estimate of drug-likeness (QED) is 0.170. The maximum absolute atomic E-state index is 7.65. The minimum Gasteiger partial charge on any atom is -0.501 e. The Labute approximate surface area is 254 Å². The fourth-order valence-corrected chi connectivity index (χ4v) is 4.41. The summed E-state index contributed by atoms with van der Waals surface area (Å²) in [5.41, 5.74) is 4.46. The van der Waals surface area contributed by atoms with Gasteiger partial charge in [-0.2, -0.15) is 0 Å². The molecule has 0 atom stereocenters. The Morgan fingerprint density at radius 2 is 1.62 bits per heavy atom. The second-order valence-corrected chi connectivity index (χ2v) is 8.71. The zero-order chi connectivity index (χ0) is 33.6. The number of benzene rings is 4. The van der Waals surface area contributed by atoms with Crippen molar-refractivity contribution >= 4 is 32.7 Å². The monoisotopic (exact) mass is 692 g/mol. The molecule has 3 aromatic heterocycles. The number of nitrogens with zero attached hydrogens (tertiary/aromatic N) is 2. The van der Waals surface area contributed by atoms with Gasteiger partial charge in [-0.1, -0.05) is 71.9 Å². The first-order valence-corrected chi connectivity index (χ1v) is 11.9. The molecule has 0 aliphatic carbocycles. The Morgan fingerprint density at radius 3 is 2.41 bits per heavy atom. The van der Waals surface area contributed by atoms with Crippen molar-refractivity contribution in [3.8, 4) is 22.5 Å². The van der Waals surface area contributed by atoms with Crippen LogP contribution in [0.15, 0.2) is 108 Å². The molecule has 0 amide bonds. The Bertz CT molecular complexity index is 2150. The summed E-state index contributed by atoms with van der Waals surface area (Å²) < 4.78 is 72.7. The van der Waals surface area contributed by atoms with Crippen LogP contribution in [-0.4, -0.2) is 9.97 Å². The molecule has 4 heteroatoms. The third kappa shape index (κ3) is 5.40. The Kier molecular flexibility index (Phi) is 5.07. The van der Waals surface area contributed by atoms with Gasteiger partial charge in [0.25, 0.3) is 0 Å². The number of rotatable bonds is 2. The summed E-state index contributed by atoms with van der Waals surface area (Å²) in [4.78, 5) is 8.44. The van der Waals surface area contributed by atoms with Crippen LogP contribution in [0.25, 0.3) is 55.2 Å². The van der Waals surface area contributed by atoms with Gasteiger partial charge in [-0.15, -0.1) is 53.6 Å². The second-order valence-electron chi connectivity index (χ2n) is 8.71. The van der Waals surface area contributed by atoms with E-state index in [2.05, 4.69) is 34.2 Å². The number of fused-ring (bicyclic) bond motifs is 5. The molecule has 0 saturated carbocycles. The molecule has 0 bridgehead atoms. The van der Waals surface area contributed by atoms with Crippen LogP contribution in [-0.2, 0) is 20.1 Å². The molecule has 4 aromatic carbocycles. The molecule has 0 N–H and O–H groups in total. The minimum atomic E-state index is -2.18. The van der Waals surface area contributed by atoms with Crippen molar-refractivity contribution in [1.82, 2.24) is 9.97 Å². The van der Waals surface area contributed by atoms with Crippen LogP contribution < -0.4 is 0 Å². The summed E-state index contributed by atoms with van der Waals surface area (Å²) >= 11 is 0. The summed E-state index contributed by atoms with van der Waals surface area (Å²) in [5.74, 6) is 0. The standard InChI is InChI=1S/C22H14NO.C13H12N.Ir/c1-14-11-12-23-19(13-14)17-7-4-8-18-21-16-6-3-2-5-15(16)9-10-20(21)24-22(17)18;1-10-3-6-12(7-4-10)13-8-5-11(2)9-14-13;/h2-6,8-13H,1H3;3-6,8-9H,1-2H3;/q2*-1;/i1D3;1D3,2D3;. The first-order valence-electron chi connectivity index (χ1n) is 16.4. The van der Waals surface area contributed by atoms with Crippen LogP contribution in [0.3, 0.4) is 0 Å². The van der Waals surface area contributed by atoms with Gasteiger partial charge in [-0.25, -0.2) is 0 Å².